The lowest BCUT2D eigenvalue weighted by molar-refractivity contribution is -0.141. The van der Waals surface area contributed by atoms with Gasteiger partial charge in [-0.2, -0.15) is 0 Å². The number of carboxylic acid groups (broad SMARTS) is 1. The van der Waals surface area contributed by atoms with E-state index in [2.05, 4.69) is 0 Å². The summed E-state index contributed by atoms with van der Waals surface area (Å²) in [4.78, 5) is 25.3. The zero-order valence-electron chi connectivity index (χ0n) is 11.1. The zero-order chi connectivity index (χ0) is 14.2. The summed E-state index contributed by atoms with van der Waals surface area (Å²) >= 11 is 1.52. The molecule has 0 radical (unpaired) electrons. The molecule has 0 aliphatic carbocycles. The molecule has 2 unspecified atom stereocenters. The molecule has 104 valence electrons. The number of carbonyl (C=O) groups is 2. The lowest BCUT2D eigenvalue weighted by Gasteiger charge is -2.29. The highest BCUT2D eigenvalue weighted by Gasteiger charge is 2.43. The van der Waals surface area contributed by atoms with Crippen molar-refractivity contribution in [1.82, 2.24) is 4.90 Å². The van der Waals surface area contributed by atoms with E-state index >= 15 is 0 Å². The number of thioether (sulfide) groups is 1. The molecule has 0 aromatic carbocycles. The monoisotopic (exact) mass is 283 g/mol. The number of furan rings is 1. The van der Waals surface area contributed by atoms with Crippen molar-refractivity contribution in [3.63, 3.8) is 0 Å². The van der Waals surface area contributed by atoms with Gasteiger partial charge in [0.25, 0.3) is 5.91 Å². The van der Waals surface area contributed by atoms with Crippen molar-refractivity contribution in [3.8, 4) is 0 Å². The SMILES string of the molecule is Cc1occc1C(=O)N1C(C(=O)O)CSC1C(C)C. The van der Waals surface area contributed by atoms with Crippen molar-refractivity contribution < 1.29 is 19.1 Å². The second-order valence-corrected chi connectivity index (χ2v) is 6.07. The van der Waals surface area contributed by atoms with Gasteiger partial charge in [-0.25, -0.2) is 4.79 Å². The van der Waals surface area contributed by atoms with Crippen LogP contribution in [0.1, 0.15) is 30.0 Å². The van der Waals surface area contributed by atoms with E-state index in [1.807, 2.05) is 13.8 Å². The fourth-order valence-electron chi connectivity index (χ4n) is 2.23. The van der Waals surface area contributed by atoms with E-state index in [9.17, 15) is 14.7 Å². The van der Waals surface area contributed by atoms with E-state index < -0.39 is 12.0 Å². The Balaban J connectivity index is 2.34. The predicted octanol–water partition coefficient (Wildman–Crippen LogP) is 2.21. The summed E-state index contributed by atoms with van der Waals surface area (Å²) in [5.41, 5.74) is 0.444. The minimum atomic E-state index is -0.954. The molecule has 1 amide bonds. The second kappa shape index (κ2) is 5.28. The maximum absolute atomic E-state index is 12.5. The minimum Gasteiger partial charge on any atom is -0.480 e. The molecule has 1 N–H and O–H groups in total. The zero-order valence-corrected chi connectivity index (χ0v) is 11.9. The number of aryl methyl sites for hydroxylation is 1. The third-order valence-corrected chi connectivity index (χ3v) is 4.84. The molecule has 1 aliphatic heterocycles. The lowest BCUT2D eigenvalue weighted by atomic mass is 10.1. The Labute approximate surface area is 116 Å². The largest absolute Gasteiger partial charge is 0.480 e. The van der Waals surface area contributed by atoms with Crippen molar-refractivity contribution in [2.75, 3.05) is 5.75 Å². The number of hydrogen-bond acceptors (Lipinski definition) is 4. The minimum absolute atomic E-state index is 0.108. The predicted molar refractivity (Wildman–Crippen MR) is 72.1 cm³/mol. The molecule has 2 heterocycles. The van der Waals surface area contributed by atoms with Gasteiger partial charge in [-0.3, -0.25) is 4.79 Å². The molecule has 0 saturated carbocycles. The van der Waals surface area contributed by atoms with Crippen molar-refractivity contribution in [1.29, 1.82) is 0 Å². The first-order valence-electron chi connectivity index (χ1n) is 6.14. The molecule has 0 spiro atoms. The molecule has 2 atom stereocenters. The molecule has 1 fully saturated rings. The summed E-state index contributed by atoms with van der Waals surface area (Å²) in [5, 5.41) is 9.16. The summed E-state index contributed by atoms with van der Waals surface area (Å²) in [6.45, 7) is 5.69. The molecule has 1 aromatic rings. The Hall–Kier alpha value is -1.43. The van der Waals surface area contributed by atoms with Gasteiger partial charge < -0.3 is 14.4 Å². The lowest BCUT2D eigenvalue weighted by Crippen LogP contribution is -2.47. The highest BCUT2D eigenvalue weighted by Crippen LogP contribution is 2.35. The second-order valence-electron chi connectivity index (χ2n) is 4.92. The van der Waals surface area contributed by atoms with Crippen LogP contribution < -0.4 is 0 Å². The normalized spacial score (nSPS) is 23.1. The van der Waals surface area contributed by atoms with E-state index in [1.165, 1.54) is 22.9 Å². The summed E-state index contributed by atoms with van der Waals surface area (Å²) in [6.07, 6.45) is 1.45. The number of carbonyl (C=O) groups excluding carboxylic acids is 1. The number of amides is 1. The van der Waals surface area contributed by atoms with Crippen molar-refractivity contribution in [2.24, 2.45) is 5.92 Å². The van der Waals surface area contributed by atoms with Gasteiger partial charge in [0.15, 0.2) is 0 Å². The van der Waals surface area contributed by atoms with Gasteiger partial charge in [0, 0.05) is 5.75 Å². The topological polar surface area (TPSA) is 70.8 Å². The molecule has 1 aliphatic rings. The molecule has 1 saturated heterocycles. The third kappa shape index (κ3) is 2.49. The van der Waals surface area contributed by atoms with E-state index in [0.717, 1.165) is 0 Å². The maximum Gasteiger partial charge on any atom is 0.327 e. The molecule has 0 bridgehead atoms. The quantitative estimate of drug-likeness (QED) is 0.921. The molecule has 6 heteroatoms. The van der Waals surface area contributed by atoms with Gasteiger partial charge in [0.1, 0.15) is 11.8 Å². The number of carboxylic acids is 1. The summed E-state index contributed by atoms with van der Waals surface area (Å²) < 4.78 is 5.13. The molecular weight excluding hydrogens is 266 g/mol. The van der Waals surface area contributed by atoms with Crippen LogP contribution >= 0.6 is 11.8 Å². The van der Waals surface area contributed by atoms with Crippen LogP contribution in [-0.2, 0) is 4.79 Å². The fourth-order valence-corrected chi connectivity index (χ4v) is 3.71. The summed E-state index contributed by atoms with van der Waals surface area (Å²) in [5.74, 6) is -0.0626. The van der Waals surface area contributed by atoms with Gasteiger partial charge in [-0.1, -0.05) is 13.8 Å². The van der Waals surface area contributed by atoms with E-state index in [0.29, 0.717) is 17.1 Å². The van der Waals surface area contributed by atoms with Gasteiger partial charge in [0.2, 0.25) is 0 Å². The summed E-state index contributed by atoms with van der Waals surface area (Å²) in [7, 11) is 0. The van der Waals surface area contributed by atoms with E-state index in [-0.39, 0.29) is 17.2 Å². The highest BCUT2D eigenvalue weighted by molar-refractivity contribution is 8.00. The number of hydrogen-bond donors (Lipinski definition) is 1. The van der Waals surface area contributed by atoms with Gasteiger partial charge >= 0.3 is 5.97 Å². The van der Waals surface area contributed by atoms with Crippen LogP contribution in [0.3, 0.4) is 0 Å². The number of aliphatic carboxylic acids is 1. The molecule has 2 rings (SSSR count). The first-order chi connectivity index (χ1) is 8.93. The standard InChI is InChI=1S/C13H17NO4S/c1-7(2)12-14(10(6-19-12)13(16)17)11(15)9-4-5-18-8(9)3/h4-5,7,10,12H,6H2,1-3H3,(H,16,17). The van der Waals surface area contributed by atoms with E-state index in [4.69, 9.17) is 4.42 Å². The van der Waals surface area contributed by atoms with Crippen LogP contribution in [-0.4, -0.2) is 39.1 Å². The van der Waals surface area contributed by atoms with Gasteiger partial charge in [0.05, 0.1) is 17.2 Å². The molecule has 19 heavy (non-hydrogen) atoms. The third-order valence-electron chi connectivity index (χ3n) is 3.21. The molecule has 5 nitrogen and oxygen atoms in total. The van der Waals surface area contributed by atoms with E-state index in [1.54, 1.807) is 13.0 Å². The van der Waals surface area contributed by atoms with Crippen molar-refractivity contribution in [3.05, 3.63) is 23.7 Å². The Morgan fingerprint density at radius 2 is 2.21 bits per heavy atom. The Bertz CT molecular complexity index is 497. The van der Waals surface area contributed by atoms with Crippen LogP contribution in [0.2, 0.25) is 0 Å². The summed E-state index contributed by atoms with van der Waals surface area (Å²) in [6, 6.07) is 0.830. The maximum atomic E-state index is 12.5. The molecule has 1 aromatic heterocycles. The molecular formula is C13H17NO4S. The van der Waals surface area contributed by atoms with Crippen LogP contribution in [0.4, 0.5) is 0 Å². The Kier molecular flexibility index (Phi) is 3.89. The number of nitrogens with zero attached hydrogens (tertiary/aromatic N) is 1. The van der Waals surface area contributed by atoms with Crippen LogP contribution in [0, 0.1) is 12.8 Å². The van der Waals surface area contributed by atoms with Gasteiger partial charge in [-0.05, 0) is 18.9 Å². The Morgan fingerprint density at radius 3 is 2.68 bits per heavy atom. The fraction of sp³-hybridized carbons (Fsp3) is 0.538. The van der Waals surface area contributed by atoms with Crippen molar-refractivity contribution >= 4 is 23.6 Å². The van der Waals surface area contributed by atoms with Crippen LogP contribution in [0.5, 0.6) is 0 Å². The average molecular weight is 283 g/mol. The van der Waals surface area contributed by atoms with Gasteiger partial charge in [-0.15, -0.1) is 11.8 Å². The Morgan fingerprint density at radius 1 is 1.53 bits per heavy atom. The average Bonchev–Trinajstić information content (AvgIpc) is 2.93. The van der Waals surface area contributed by atoms with Crippen LogP contribution in [0.15, 0.2) is 16.7 Å². The first-order valence-corrected chi connectivity index (χ1v) is 7.19. The van der Waals surface area contributed by atoms with Crippen LogP contribution in [0.25, 0.3) is 0 Å². The highest BCUT2D eigenvalue weighted by atomic mass is 32.2. The first kappa shape index (κ1) is 14.0. The van der Waals surface area contributed by atoms with Crippen molar-refractivity contribution in [2.45, 2.75) is 32.2 Å². The smallest absolute Gasteiger partial charge is 0.327 e. The number of rotatable bonds is 3.